The van der Waals surface area contributed by atoms with Crippen LogP contribution < -0.4 is 10.6 Å². The molecular weight excluding hydrogens is 222 g/mol. The van der Waals surface area contributed by atoms with Crippen LogP contribution in [0, 0.1) is 0 Å². The van der Waals surface area contributed by atoms with Crippen LogP contribution in [-0.4, -0.2) is 23.6 Å². The quantitative estimate of drug-likeness (QED) is 0.843. The monoisotopic (exact) mass is 247 g/mol. The molecule has 1 fully saturated rings. The Morgan fingerprint density at radius 1 is 1.33 bits per heavy atom. The highest BCUT2D eigenvalue weighted by Crippen LogP contribution is 2.22. The zero-order chi connectivity index (χ0) is 13.2. The lowest BCUT2D eigenvalue weighted by molar-refractivity contribution is 0.396. The molecule has 0 radical (unpaired) electrons. The summed E-state index contributed by atoms with van der Waals surface area (Å²) in [6.45, 7) is 9.98. The number of rotatable bonds is 2. The molecule has 0 amide bonds. The van der Waals surface area contributed by atoms with Gasteiger partial charge in [0.1, 0.15) is 5.82 Å². The van der Waals surface area contributed by atoms with Crippen LogP contribution in [0.2, 0.25) is 0 Å². The molecule has 1 aromatic heterocycles. The largest absolute Gasteiger partial charge is 0.367 e. The Hall–Kier alpha value is -1.09. The number of nitrogens with zero attached hydrogens (tertiary/aromatic N) is 1. The van der Waals surface area contributed by atoms with E-state index in [0.717, 1.165) is 12.4 Å². The van der Waals surface area contributed by atoms with E-state index in [1.165, 1.54) is 18.4 Å². The fraction of sp³-hybridized carbons (Fsp3) is 0.667. The third-order valence-corrected chi connectivity index (χ3v) is 3.61. The molecule has 2 rings (SSSR count). The summed E-state index contributed by atoms with van der Waals surface area (Å²) in [6, 6.07) is 5.44. The van der Waals surface area contributed by atoms with Crippen molar-refractivity contribution in [2.24, 2.45) is 0 Å². The average molecular weight is 247 g/mol. The number of hydrogen-bond acceptors (Lipinski definition) is 3. The Balaban J connectivity index is 1.98. The van der Waals surface area contributed by atoms with Gasteiger partial charge < -0.3 is 10.6 Å². The van der Waals surface area contributed by atoms with E-state index in [4.69, 9.17) is 0 Å². The molecule has 3 heteroatoms. The van der Waals surface area contributed by atoms with E-state index in [1.807, 2.05) is 6.20 Å². The topological polar surface area (TPSA) is 37.0 Å². The minimum atomic E-state index is 0.175. The molecular formula is C15H25N3. The van der Waals surface area contributed by atoms with Gasteiger partial charge in [0, 0.05) is 18.3 Å². The van der Waals surface area contributed by atoms with Crippen molar-refractivity contribution in [3.05, 3.63) is 23.9 Å². The number of hydrogen-bond donors (Lipinski definition) is 2. The van der Waals surface area contributed by atoms with E-state index < -0.39 is 0 Å². The second kappa shape index (κ2) is 5.27. The Morgan fingerprint density at radius 2 is 2.11 bits per heavy atom. The highest BCUT2D eigenvalue weighted by atomic mass is 15.0. The zero-order valence-electron chi connectivity index (χ0n) is 12.0. The van der Waals surface area contributed by atoms with Gasteiger partial charge in [0.2, 0.25) is 0 Å². The molecule has 2 atom stereocenters. The van der Waals surface area contributed by atoms with Crippen molar-refractivity contribution in [3.8, 4) is 0 Å². The molecule has 0 aromatic carbocycles. The van der Waals surface area contributed by atoms with E-state index >= 15 is 0 Å². The Morgan fingerprint density at radius 3 is 2.67 bits per heavy atom. The third-order valence-electron chi connectivity index (χ3n) is 3.61. The molecule has 1 aliphatic heterocycles. The molecule has 0 aliphatic carbocycles. The van der Waals surface area contributed by atoms with Crippen LogP contribution in [0.3, 0.4) is 0 Å². The molecule has 1 aromatic rings. The molecule has 1 saturated heterocycles. The van der Waals surface area contributed by atoms with Crippen LogP contribution in [0.15, 0.2) is 18.3 Å². The van der Waals surface area contributed by atoms with Gasteiger partial charge in [0.15, 0.2) is 0 Å². The van der Waals surface area contributed by atoms with Gasteiger partial charge >= 0.3 is 0 Å². The number of piperidine rings is 1. The van der Waals surface area contributed by atoms with Crippen molar-refractivity contribution in [3.63, 3.8) is 0 Å². The van der Waals surface area contributed by atoms with Crippen LogP contribution in [-0.2, 0) is 5.41 Å². The zero-order valence-corrected chi connectivity index (χ0v) is 12.0. The van der Waals surface area contributed by atoms with Crippen molar-refractivity contribution >= 4 is 5.82 Å². The van der Waals surface area contributed by atoms with Crippen molar-refractivity contribution in [1.82, 2.24) is 10.3 Å². The highest BCUT2D eigenvalue weighted by Gasteiger charge is 2.19. The molecule has 100 valence electrons. The molecule has 1 aliphatic rings. The summed E-state index contributed by atoms with van der Waals surface area (Å²) in [4.78, 5) is 4.53. The Bertz CT molecular complexity index is 378. The summed E-state index contributed by atoms with van der Waals surface area (Å²) in [7, 11) is 0. The third kappa shape index (κ3) is 3.45. The van der Waals surface area contributed by atoms with Gasteiger partial charge in [0.05, 0.1) is 0 Å². The van der Waals surface area contributed by atoms with E-state index in [9.17, 15) is 0 Å². The van der Waals surface area contributed by atoms with E-state index in [1.54, 1.807) is 0 Å². The highest BCUT2D eigenvalue weighted by molar-refractivity contribution is 5.38. The predicted molar refractivity (Wildman–Crippen MR) is 77.0 cm³/mol. The molecule has 0 saturated carbocycles. The minimum Gasteiger partial charge on any atom is -0.367 e. The SMILES string of the molecule is CC1CC(Nc2ccc(C(C)(C)C)cn2)CCN1. The summed E-state index contributed by atoms with van der Waals surface area (Å²) < 4.78 is 0. The summed E-state index contributed by atoms with van der Waals surface area (Å²) in [5, 5.41) is 7.01. The number of aromatic nitrogens is 1. The standard InChI is InChI=1S/C15H25N3/c1-11-9-13(7-8-16-11)18-14-6-5-12(10-17-14)15(2,3)4/h5-6,10-11,13,16H,7-9H2,1-4H3,(H,17,18). The van der Waals surface area contributed by atoms with Gasteiger partial charge in [0.25, 0.3) is 0 Å². The lowest BCUT2D eigenvalue weighted by atomic mass is 9.88. The fourth-order valence-electron chi connectivity index (χ4n) is 2.40. The first-order chi connectivity index (χ1) is 8.45. The Kier molecular flexibility index (Phi) is 3.91. The van der Waals surface area contributed by atoms with Crippen LogP contribution in [0.1, 0.15) is 46.1 Å². The predicted octanol–water partition coefficient (Wildman–Crippen LogP) is 2.93. The van der Waals surface area contributed by atoms with Crippen LogP contribution in [0.25, 0.3) is 0 Å². The maximum Gasteiger partial charge on any atom is 0.126 e. The van der Waals surface area contributed by atoms with Gasteiger partial charge in [-0.1, -0.05) is 26.8 Å². The summed E-state index contributed by atoms with van der Waals surface area (Å²) in [5.74, 6) is 1.00. The Labute approximate surface area is 110 Å². The first-order valence-corrected chi connectivity index (χ1v) is 6.91. The number of nitrogens with one attached hydrogen (secondary N) is 2. The summed E-state index contributed by atoms with van der Waals surface area (Å²) in [5.41, 5.74) is 1.46. The van der Waals surface area contributed by atoms with Gasteiger partial charge in [-0.3, -0.25) is 0 Å². The van der Waals surface area contributed by atoms with E-state index in [2.05, 4.69) is 55.4 Å². The van der Waals surface area contributed by atoms with Gasteiger partial charge in [-0.05, 0) is 43.4 Å². The van der Waals surface area contributed by atoms with Crippen molar-refractivity contribution < 1.29 is 0 Å². The number of pyridine rings is 1. The molecule has 2 unspecified atom stereocenters. The van der Waals surface area contributed by atoms with Crippen molar-refractivity contribution in [1.29, 1.82) is 0 Å². The maximum atomic E-state index is 4.53. The fourth-order valence-corrected chi connectivity index (χ4v) is 2.40. The molecule has 2 N–H and O–H groups in total. The first kappa shape index (κ1) is 13.3. The molecule has 0 bridgehead atoms. The van der Waals surface area contributed by atoms with E-state index in [-0.39, 0.29) is 5.41 Å². The second-order valence-corrected chi connectivity index (χ2v) is 6.40. The summed E-state index contributed by atoms with van der Waals surface area (Å²) >= 11 is 0. The second-order valence-electron chi connectivity index (χ2n) is 6.40. The molecule has 18 heavy (non-hydrogen) atoms. The van der Waals surface area contributed by atoms with Crippen LogP contribution in [0.4, 0.5) is 5.82 Å². The average Bonchev–Trinajstić information content (AvgIpc) is 2.28. The van der Waals surface area contributed by atoms with Gasteiger partial charge in [-0.25, -0.2) is 4.98 Å². The lowest BCUT2D eigenvalue weighted by Crippen LogP contribution is -2.41. The molecule has 0 spiro atoms. The number of anilines is 1. The van der Waals surface area contributed by atoms with Gasteiger partial charge in [-0.2, -0.15) is 0 Å². The van der Waals surface area contributed by atoms with Crippen molar-refractivity contribution in [2.75, 3.05) is 11.9 Å². The van der Waals surface area contributed by atoms with Crippen molar-refractivity contribution in [2.45, 2.75) is 58.0 Å². The first-order valence-electron chi connectivity index (χ1n) is 6.91. The maximum absolute atomic E-state index is 4.53. The van der Waals surface area contributed by atoms with Crippen LogP contribution in [0.5, 0.6) is 0 Å². The summed E-state index contributed by atoms with van der Waals surface area (Å²) in [6.07, 6.45) is 4.34. The van der Waals surface area contributed by atoms with Gasteiger partial charge in [-0.15, -0.1) is 0 Å². The molecule has 2 heterocycles. The molecule has 3 nitrogen and oxygen atoms in total. The smallest absolute Gasteiger partial charge is 0.126 e. The van der Waals surface area contributed by atoms with E-state index in [0.29, 0.717) is 12.1 Å². The van der Waals surface area contributed by atoms with Crippen LogP contribution >= 0.6 is 0 Å². The minimum absolute atomic E-state index is 0.175. The normalized spacial score (nSPS) is 24.9. The lowest BCUT2D eigenvalue weighted by Gasteiger charge is -2.29.